The van der Waals surface area contributed by atoms with E-state index in [1.807, 2.05) is 0 Å². The molecule has 2 heterocycles. The highest BCUT2D eigenvalue weighted by Gasteiger charge is 2.35. The molecule has 1 saturated heterocycles. The van der Waals surface area contributed by atoms with Crippen molar-refractivity contribution in [3.05, 3.63) is 57.2 Å². The Morgan fingerprint density at radius 2 is 1.92 bits per heavy atom. The normalized spacial score (nSPS) is 17.4. The van der Waals surface area contributed by atoms with Gasteiger partial charge < -0.3 is 14.8 Å². The summed E-state index contributed by atoms with van der Waals surface area (Å²) in [5.41, 5.74) is 1.24. The molecule has 0 aliphatic carbocycles. The molecule has 0 aromatic heterocycles. The average molecular weight is 422 g/mol. The summed E-state index contributed by atoms with van der Waals surface area (Å²) in [7, 11) is 0. The Morgan fingerprint density at radius 3 is 2.68 bits per heavy atom. The van der Waals surface area contributed by atoms with Gasteiger partial charge in [-0.25, -0.2) is 9.69 Å². The van der Waals surface area contributed by atoms with Gasteiger partial charge in [-0.05, 0) is 42.0 Å². The average Bonchev–Trinajstić information content (AvgIpc) is 3.12. The van der Waals surface area contributed by atoms with Gasteiger partial charge in [0.15, 0.2) is 11.5 Å². The predicted octanol–water partition coefficient (Wildman–Crippen LogP) is 3.93. The third-order valence-corrected chi connectivity index (χ3v) is 4.66. The maximum atomic E-state index is 12.6. The van der Waals surface area contributed by atoms with Gasteiger partial charge in [0.05, 0.1) is 5.69 Å². The van der Waals surface area contributed by atoms with Gasteiger partial charge in [0.2, 0.25) is 6.79 Å². The van der Waals surface area contributed by atoms with Crippen LogP contribution in [0, 0.1) is 0 Å². The number of halogens is 2. The topological polar surface area (TPSA) is 67.9 Å². The summed E-state index contributed by atoms with van der Waals surface area (Å²) in [5, 5.41) is 3.02. The molecule has 0 saturated carbocycles. The number of carbonyl (C=O) groups excluding carboxylic acids is 2. The lowest BCUT2D eigenvalue weighted by Crippen LogP contribution is -2.30. The van der Waals surface area contributed by atoms with Gasteiger partial charge in [-0.2, -0.15) is 0 Å². The van der Waals surface area contributed by atoms with Crippen LogP contribution in [0.1, 0.15) is 5.56 Å². The summed E-state index contributed by atoms with van der Waals surface area (Å²) in [6, 6.07) is 9.50. The van der Waals surface area contributed by atoms with Gasteiger partial charge in [0.25, 0.3) is 5.91 Å². The maximum Gasteiger partial charge on any atom is 0.333 e. The predicted molar refractivity (Wildman–Crippen MR) is 95.7 cm³/mol. The zero-order valence-corrected chi connectivity index (χ0v) is 14.9. The van der Waals surface area contributed by atoms with Crippen LogP contribution in [0.2, 0.25) is 5.02 Å². The minimum Gasteiger partial charge on any atom is -0.454 e. The van der Waals surface area contributed by atoms with Crippen LogP contribution in [0.5, 0.6) is 11.5 Å². The van der Waals surface area contributed by atoms with Gasteiger partial charge >= 0.3 is 6.03 Å². The summed E-state index contributed by atoms with van der Waals surface area (Å²) >= 11 is 9.37. The third-order valence-electron chi connectivity index (χ3n) is 3.74. The third kappa shape index (κ3) is 2.85. The fraction of sp³-hybridized carbons (Fsp3) is 0.0588. The minimum atomic E-state index is -0.532. The first kappa shape index (κ1) is 16.0. The fourth-order valence-corrected chi connectivity index (χ4v) is 3.21. The molecule has 126 valence electrons. The summed E-state index contributed by atoms with van der Waals surface area (Å²) in [6.45, 7) is 0.153. The number of imide groups is 1. The molecule has 25 heavy (non-hydrogen) atoms. The van der Waals surface area contributed by atoms with Crippen molar-refractivity contribution in [1.82, 2.24) is 5.32 Å². The smallest absolute Gasteiger partial charge is 0.333 e. The highest BCUT2D eigenvalue weighted by molar-refractivity contribution is 9.10. The Bertz CT molecular complexity index is 944. The van der Waals surface area contributed by atoms with Crippen LogP contribution in [-0.4, -0.2) is 18.7 Å². The van der Waals surface area contributed by atoms with Crippen LogP contribution in [0.15, 0.2) is 46.6 Å². The van der Waals surface area contributed by atoms with E-state index in [2.05, 4.69) is 21.2 Å². The number of anilines is 1. The molecule has 0 atom stereocenters. The Morgan fingerprint density at radius 1 is 1.16 bits per heavy atom. The van der Waals surface area contributed by atoms with Gasteiger partial charge in [0.1, 0.15) is 5.70 Å². The number of nitrogens with zero attached hydrogens (tertiary/aromatic N) is 1. The Balaban J connectivity index is 1.69. The van der Waals surface area contributed by atoms with E-state index in [4.69, 9.17) is 21.1 Å². The number of nitrogens with one attached hydrogen (secondary N) is 1. The first-order chi connectivity index (χ1) is 12.0. The molecular weight excluding hydrogens is 412 g/mol. The van der Waals surface area contributed by atoms with E-state index in [0.29, 0.717) is 32.2 Å². The molecule has 0 bridgehead atoms. The van der Waals surface area contributed by atoms with Crippen molar-refractivity contribution in [2.45, 2.75) is 0 Å². The van der Waals surface area contributed by atoms with Gasteiger partial charge in [-0.3, -0.25) is 4.79 Å². The van der Waals surface area contributed by atoms with Crippen molar-refractivity contribution in [3.8, 4) is 11.5 Å². The molecule has 1 fully saturated rings. The summed E-state index contributed by atoms with van der Waals surface area (Å²) in [6.07, 6.45) is 1.58. The number of benzene rings is 2. The zero-order valence-electron chi connectivity index (χ0n) is 12.6. The number of fused-ring (bicyclic) bond motifs is 1. The lowest BCUT2D eigenvalue weighted by atomic mass is 10.1. The van der Waals surface area contributed by atoms with Gasteiger partial charge in [-0.15, -0.1) is 0 Å². The van der Waals surface area contributed by atoms with Crippen LogP contribution in [0.25, 0.3) is 6.08 Å². The molecule has 1 N–H and O–H groups in total. The van der Waals surface area contributed by atoms with Crippen molar-refractivity contribution in [2.24, 2.45) is 0 Å². The monoisotopic (exact) mass is 420 g/mol. The molecule has 6 nitrogen and oxygen atoms in total. The van der Waals surface area contributed by atoms with E-state index in [0.717, 1.165) is 4.90 Å². The molecule has 8 heteroatoms. The first-order valence-electron chi connectivity index (χ1n) is 7.25. The second kappa shape index (κ2) is 6.09. The molecule has 3 amide bonds. The Hall–Kier alpha value is -2.51. The van der Waals surface area contributed by atoms with E-state index in [1.54, 1.807) is 42.5 Å². The number of amides is 3. The zero-order chi connectivity index (χ0) is 17.6. The largest absolute Gasteiger partial charge is 0.454 e. The van der Waals surface area contributed by atoms with E-state index in [1.165, 1.54) is 0 Å². The van der Waals surface area contributed by atoms with Crippen LogP contribution >= 0.6 is 27.5 Å². The highest BCUT2D eigenvalue weighted by Crippen LogP contribution is 2.38. The molecule has 0 unspecified atom stereocenters. The van der Waals surface area contributed by atoms with Gasteiger partial charge in [0, 0.05) is 9.50 Å². The molecule has 2 aliphatic rings. The summed E-state index contributed by atoms with van der Waals surface area (Å²) < 4.78 is 11.4. The van der Waals surface area contributed by atoms with Crippen molar-refractivity contribution in [2.75, 3.05) is 11.7 Å². The molecule has 0 spiro atoms. The standard InChI is InChI=1S/C17H10BrClN2O4/c18-12-7-15-14(24-8-25-15)5-9(12)4-13-16(22)21(17(23)20-13)11-3-1-2-10(19)6-11/h1-7H,8H2,(H,20,23)/b13-4+. The first-order valence-corrected chi connectivity index (χ1v) is 8.42. The number of ether oxygens (including phenoxy) is 2. The van der Waals surface area contributed by atoms with E-state index >= 15 is 0 Å². The summed E-state index contributed by atoms with van der Waals surface area (Å²) in [5.74, 6) is 0.742. The quantitative estimate of drug-likeness (QED) is 0.589. The lowest BCUT2D eigenvalue weighted by Gasteiger charge is -2.11. The molecular formula is C17H10BrClN2O4. The fourth-order valence-electron chi connectivity index (χ4n) is 2.58. The molecule has 2 aromatic carbocycles. The SMILES string of the molecule is O=C1N/C(=C/c2cc3c(cc2Br)OCO3)C(=O)N1c1cccc(Cl)c1. The number of carbonyl (C=O) groups is 2. The molecule has 0 radical (unpaired) electrons. The van der Waals surface area contributed by atoms with Crippen molar-refractivity contribution in [3.63, 3.8) is 0 Å². The second-order valence-corrected chi connectivity index (χ2v) is 6.63. The molecule has 2 aromatic rings. The Kier molecular flexibility index (Phi) is 3.89. The molecule has 2 aliphatic heterocycles. The van der Waals surface area contributed by atoms with Crippen molar-refractivity contribution < 1.29 is 19.1 Å². The minimum absolute atomic E-state index is 0.153. The summed E-state index contributed by atoms with van der Waals surface area (Å²) in [4.78, 5) is 25.9. The van der Waals surface area contributed by atoms with E-state index in [9.17, 15) is 9.59 Å². The van der Waals surface area contributed by atoms with Crippen molar-refractivity contribution >= 4 is 51.2 Å². The lowest BCUT2D eigenvalue weighted by molar-refractivity contribution is -0.113. The van der Waals surface area contributed by atoms with E-state index in [-0.39, 0.29) is 12.5 Å². The number of hydrogen-bond donors (Lipinski definition) is 1. The van der Waals surface area contributed by atoms with Crippen LogP contribution in [0.3, 0.4) is 0 Å². The molecule has 4 rings (SSSR count). The second-order valence-electron chi connectivity index (χ2n) is 5.34. The number of urea groups is 1. The van der Waals surface area contributed by atoms with E-state index < -0.39 is 11.9 Å². The van der Waals surface area contributed by atoms with Gasteiger partial charge in [-0.1, -0.05) is 33.6 Å². The van der Waals surface area contributed by atoms with Crippen molar-refractivity contribution in [1.29, 1.82) is 0 Å². The van der Waals surface area contributed by atoms with Crippen LogP contribution in [-0.2, 0) is 4.79 Å². The highest BCUT2D eigenvalue weighted by atomic mass is 79.9. The number of rotatable bonds is 2. The van der Waals surface area contributed by atoms with Crippen LogP contribution < -0.4 is 19.7 Å². The van der Waals surface area contributed by atoms with Crippen LogP contribution in [0.4, 0.5) is 10.5 Å². The number of hydrogen-bond acceptors (Lipinski definition) is 4. The Labute approximate surface area is 156 Å². The maximum absolute atomic E-state index is 12.6.